The van der Waals surface area contributed by atoms with Gasteiger partial charge >= 0.3 is 11.7 Å². The number of aromatic nitrogens is 3. The smallest absolute Gasteiger partial charge is 0.285 e. The first kappa shape index (κ1) is 15.1. The Kier molecular flexibility index (Phi) is 3.57. The van der Waals surface area contributed by atoms with Crippen LogP contribution in [0.2, 0.25) is 0 Å². The number of pyridine rings is 1. The van der Waals surface area contributed by atoms with Gasteiger partial charge in [0.2, 0.25) is 0 Å². The summed E-state index contributed by atoms with van der Waals surface area (Å²) in [4.78, 5) is 39.5. The van der Waals surface area contributed by atoms with E-state index in [9.17, 15) is 14.4 Å². The summed E-state index contributed by atoms with van der Waals surface area (Å²) in [5.41, 5.74) is 0.903. The maximum atomic E-state index is 12.5. The molecule has 4 rings (SSSR count). The first-order valence-corrected chi connectivity index (χ1v) is 7.86. The number of para-hydroxylation sites is 1. The maximum absolute atomic E-state index is 12.5. The van der Waals surface area contributed by atoms with E-state index in [1.165, 1.54) is 14.0 Å². The summed E-state index contributed by atoms with van der Waals surface area (Å²) in [6.07, 6.45) is 1.63. The molecule has 0 unspecified atom stereocenters. The number of carbonyl (C=O) groups excluding carboxylic acids is 2. The lowest BCUT2D eigenvalue weighted by atomic mass is 10.3. The average molecular weight is 337 g/mol. The van der Waals surface area contributed by atoms with Crippen LogP contribution in [0.1, 0.15) is 0 Å². The van der Waals surface area contributed by atoms with Gasteiger partial charge in [0.05, 0.1) is 13.1 Å². The van der Waals surface area contributed by atoms with Gasteiger partial charge in [-0.25, -0.2) is 14.3 Å². The number of carbonyl (C=O) groups is 2. The molecule has 1 aromatic carbocycles. The molecule has 0 saturated carbocycles. The molecule has 25 heavy (non-hydrogen) atoms. The molecule has 1 fully saturated rings. The summed E-state index contributed by atoms with van der Waals surface area (Å²) < 4.78 is 2.69. The van der Waals surface area contributed by atoms with Gasteiger partial charge in [-0.1, -0.05) is 24.3 Å². The van der Waals surface area contributed by atoms with Gasteiger partial charge in [0.15, 0.2) is 5.65 Å². The first-order valence-electron chi connectivity index (χ1n) is 7.86. The van der Waals surface area contributed by atoms with Crippen molar-refractivity contribution in [3.05, 3.63) is 65.2 Å². The van der Waals surface area contributed by atoms with Crippen molar-refractivity contribution in [2.45, 2.75) is 6.54 Å². The Morgan fingerprint density at radius 1 is 0.920 bits per heavy atom. The van der Waals surface area contributed by atoms with Crippen LogP contribution in [0.15, 0.2) is 59.5 Å². The topological polar surface area (TPSA) is 79.9 Å². The fourth-order valence-electron chi connectivity index (χ4n) is 2.88. The van der Waals surface area contributed by atoms with E-state index in [0.717, 1.165) is 4.90 Å². The number of rotatable bonds is 4. The summed E-state index contributed by atoms with van der Waals surface area (Å²) >= 11 is 0. The number of urea groups is 1. The highest BCUT2D eigenvalue weighted by Gasteiger charge is 2.36. The largest absolute Gasteiger partial charge is 0.350 e. The van der Waals surface area contributed by atoms with Crippen molar-refractivity contribution in [1.29, 1.82) is 0 Å². The number of anilines is 1. The second-order valence-corrected chi connectivity index (χ2v) is 5.68. The minimum Gasteiger partial charge on any atom is -0.285 e. The lowest BCUT2D eigenvalue weighted by Gasteiger charge is -2.16. The molecule has 0 radical (unpaired) electrons. The Bertz CT molecular complexity index is 1010. The second kappa shape index (κ2) is 5.90. The fraction of sp³-hybridized carbons (Fsp3) is 0.176. The monoisotopic (exact) mass is 337 g/mol. The van der Waals surface area contributed by atoms with Gasteiger partial charge in [-0.05, 0) is 24.3 Å². The van der Waals surface area contributed by atoms with Crippen molar-refractivity contribution in [2.24, 2.45) is 0 Å². The van der Waals surface area contributed by atoms with Crippen LogP contribution in [0.25, 0.3) is 5.65 Å². The molecule has 8 nitrogen and oxygen atoms in total. The van der Waals surface area contributed by atoms with E-state index in [1.807, 2.05) is 18.2 Å². The minimum atomic E-state index is -0.381. The standard InChI is InChI=1S/C17H15N5O3/c23-15-12-21(13-6-2-1-3-7-13)16(24)20(15)10-11-22-17(25)19-9-5-4-8-14(19)18-22/h1-9H,10-12H2. The number of amides is 3. The lowest BCUT2D eigenvalue weighted by Crippen LogP contribution is -2.37. The van der Waals surface area contributed by atoms with Crippen LogP contribution in [0.3, 0.4) is 0 Å². The van der Waals surface area contributed by atoms with Crippen LogP contribution < -0.4 is 10.6 Å². The molecular formula is C17H15N5O3. The van der Waals surface area contributed by atoms with Gasteiger partial charge in [0, 0.05) is 11.9 Å². The van der Waals surface area contributed by atoms with Gasteiger partial charge in [0.25, 0.3) is 5.91 Å². The Hall–Kier alpha value is -3.42. The maximum Gasteiger partial charge on any atom is 0.350 e. The Morgan fingerprint density at radius 3 is 2.44 bits per heavy atom. The van der Waals surface area contributed by atoms with Crippen molar-refractivity contribution >= 4 is 23.3 Å². The van der Waals surface area contributed by atoms with Crippen LogP contribution in [0.5, 0.6) is 0 Å². The quantitative estimate of drug-likeness (QED) is 0.664. The molecule has 2 aromatic heterocycles. The first-order chi connectivity index (χ1) is 12.1. The number of nitrogens with zero attached hydrogens (tertiary/aromatic N) is 5. The third-order valence-corrected chi connectivity index (χ3v) is 4.15. The van der Waals surface area contributed by atoms with E-state index in [0.29, 0.717) is 11.3 Å². The highest BCUT2D eigenvalue weighted by atomic mass is 16.2. The summed E-state index contributed by atoms with van der Waals surface area (Å²) in [7, 11) is 0. The number of fused-ring (bicyclic) bond motifs is 1. The zero-order valence-electron chi connectivity index (χ0n) is 13.3. The average Bonchev–Trinajstić information content (AvgIpc) is 3.11. The van der Waals surface area contributed by atoms with E-state index < -0.39 is 0 Å². The van der Waals surface area contributed by atoms with E-state index in [2.05, 4.69) is 5.10 Å². The van der Waals surface area contributed by atoms with Crippen molar-refractivity contribution in [1.82, 2.24) is 19.1 Å². The molecule has 0 atom stereocenters. The molecule has 0 N–H and O–H groups in total. The zero-order chi connectivity index (χ0) is 17.4. The number of hydrogen-bond donors (Lipinski definition) is 0. The number of benzene rings is 1. The van der Waals surface area contributed by atoms with Crippen LogP contribution in [0, 0.1) is 0 Å². The van der Waals surface area contributed by atoms with Gasteiger partial charge in [-0.2, -0.15) is 0 Å². The highest BCUT2D eigenvalue weighted by Crippen LogP contribution is 2.20. The van der Waals surface area contributed by atoms with E-state index >= 15 is 0 Å². The normalized spacial score (nSPS) is 14.7. The molecule has 1 aliphatic rings. The van der Waals surface area contributed by atoms with E-state index in [1.54, 1.807) is 36.5 Å². The van der Waals surface area contributed by atoms with Crippen molar-refractivity contribution in [3.8, 4) is 0 Å². The Labute approximate surface area is 142 Å². The molecule has 0 bridgehead atoms. The predicted molar refractivity (Wildman–Crippen MR) is 90.3 cm³/mol. The summed E-state index contributed by atoms with van der Waals surface area (Å²) in [6, 6.07) is 13.9. The van der Waals surface area contributed by atoms with Crippen molar-refractivity contribution < 1.29 is 9.59 Å². The minimum absolute atomic E-state index is 0.00289. The predicted octanol–water partition coefficient (Wildman–Crippen LogP) is 0.965. The number of hydrogen-bond acceptors (Lipinski definition) is 4. The molecule has 0 aliphatic carbocycles. The van der Waals surface area contributed by atoms with Gasteiger partial charge in [-0.15, -0.1) is 5.10 Å². The van der Waals surface area contributed by atoms with Crippen LogP contribution in [-0.2, 0) is 11.3 Å². The number of imide groups is 1. The highest BCUT2D eigenvalue weighted by molar-refractivity contribution is 6.12. The van der Waals surface area contributed by atoms with E-state index in [4.69, 9.17) is 0 Å². The van der Waals surface area contributed by atoms with Gasteiger partial charge in [-0.3, -0.25) is 19.0 Å². The van der Waals surface area contributed by atoms with Crippen molar-refractivity contribution in [2.75, 3.05) is 18.0 Å². The zero-order valence-corrected chi connectivity index (χ0v) is 13.3. The lowest BCUT2D eigenvalue weighted by molar-refractivity contribution is -0.125. The van der Waals surface area contributed by atoms with Gasteiger partial charge < -0.3 is 0 Å². The third-order valence-electron chi connectivity index (χ3n) is 4.15. The summed E-state index contributed by atoms with van der Waals surface area (Å²) in [6.45, 7) is 0.258. The van der Waals surface area contributed by atoms with Crippen LogP contribution in [0.4, 0.5) is 10.5 Å². The molecule has 3 amide bonds. The summed E-state index contributed by atoms with van der Waals surface area (Å²) in [5, 5.41) is 4.20. The SMILES string of the molecule is O=C1CN(c2ccccc2)C(=O)N1CCn1nc2ccccn2c1=O. The third kappa shape index (κ3) is 2.57. The molecule has 126 valence electrons. The fourth-order valence-corrected chi connectivity index (χ4v) is 2.88. The second-order valence-electron chi connectivity index (χ2n) is 5.68. The van der Waals surface area contributed by atoms with Crippen LogP contribution in [-0.4, -0.2) is 44.1 Å². The molecule has 1 aliphatic heterocycles. The molecule has 1 saturated heterocycles. The summed E-state index contributed by atoms with van der Waals surface area (Å²) in [5.74, 6) is -0.286. The Balaban J connectivity index is 1.52. The van der Waals surface area contributed by atoms with Crippen LogP contribution >= 0.6 is 0 Å². The molecule has 8 heteroatoms. The molecule has 3 aromatic rings. The van der Waals surface area contributed by atoms with Gasteiger partial charge in [0.1, 0.15) is 6.54 Å². The van der Waals surface area contributed by atoms with E-state index in [-0.39, 0.29) is 37.3 Å². The molecule has 0 spiro atoms. The Morgan fingerprint density at radius 2 is 1.68 bits per heavy atom. The molecule has 3 heterocycles. The molecular weight excluding hydrogens is 322 g/mol. The van der Waals surface area contributed by atoms with Crippen molar-refractivity contribution in [3.63, 3.8) is 0 Å².